The molecule has 0 unspecified atom stereocenters. The number of carbonyl (C=O) groups is 1. The molecule has 0 bridgehead atoms. The van der Waals surface area contributed by atoms with Crippen molar-refractivity contribution in [2.24, 2.45) is 0 Å². The first-order valence-electron chi connectivity index (χ1n) is 10.3. The molecule has 2 aromatic rings. The number of fused-ring (bicyclic) bond motifs is 1. The number of hydrogen-bond acceptors (Lipinski definition) is 4. The molecule has 1 aliphatic rings. The zero-order chi connectivity index (χ0) is 21.4. The Labute approximate surface area is 178 Å². The first kappa shape index (κ1) is 21.6. The van der Waals surface area contributed by atoms with Gasteiger partial charge in [0.2, 0.25) is 0 Å². The molecule has 0 radical (unpaired) electrons. The molecule has 0 aliphatic heterocycles. The lowest BCUT2D eigenvalue weighted by molar-refractivity contribution is -0.137. The van der Waals surface area contributed by atoms with Crippen LogP contribution in [0.3, 0.4) is 0 Å². The number of benzene rings is 1. The fourth-order valence-corrected chi connectivity index (χ4v) is 5.93. The Morgan fingerprint density at radius 2 is 1.86 bits per heavy atom. The predicted octanol–water partition coefficient (Wildman–Crippen LogP) is 6.66. The Bertz CT molecular complexity index is 947. The largest absolute Gasteiger partial charge is 0.496 e. The van der Waals surface area contributed by atoms with Crippen molar-refractivity contribution in [2.45, 2.75) is 65.2 Å². The molecular formula is C25H32O3S. The third-order valence-electron chi connectivity index (χ3n) is 5.98. The van der Waals surface area contributed by atoms with Crippen LogP contribution < -0.4 is 4.74 Å². The van der Waals surface area contributed by atoms with Gasteiger partial charge in [0.1, 0.15) is 5.75 Å². The van der Waals surface area contributed by atoms with Crippen molar-refractivity contribution in [1.82, 2.24) is 0 Å². The molecule has 0 N–H and O–H groups in total. The lowest BCUT2D eigenvalue weighted by Gasteiger charge is -2.39. The summed E-state index contributed by atoms with van der Waals surface area (Å²) >= 11 is 1.91. The normalized spacial score (nSPS) is 17.2. The molecule has 1 aromatic heterocycles. The van der Waals surface area contributed by atoms with E-state index in [-0.39, 0.29) is 16.8 Å². The molecule has 1 aromatic carbocycles. The van der Waals surface area contributed by atoms with Gasteiger partial charge in [0.15, 0.2) is 0 Å². The second kappa shape index (κ2) is 7.98. The summed E-state index contributed by atoms with van der Waals surface area (Å²) in [5.41, 5.74) is 5.31. The molecule has 0 atom stereocenters. The number of thiophene rings is 1. The fourth-order valence-electron chi connectivity index (χ4n) is 4.28. The number of ether oxygens (including phenoxy) is 2. The Balaban J connectivity index is 2.06. The van der Waals surface area contributed by atoms with E-state index in [2.05, 4.69) is 40.7 Å². The molecule has 3 rings (SSSR count). The summed E-state index contributed by atoms with van der Waals surface area (Å²) in [7, 11) is 1.70. The monoisotopic (exact) mass is 412 g/mol. The van der Waals surface area contributed by atoms with E-state index < -0.39 is 0 Å². The zero-order valence-corrected chi connectivity index (χ0v) is 19.5. The van der Waals surface area contributed by atoms with Gasteiger partial charge in [0.05, 0.1) is 13.7 Å². The van der Waals surface area contributed by atoms with Crippen molar-refractivity contribution in [3.63, 3.8) is 0 Å². The Hall–Kier alpha value is -2.07. The van der Waals surface area contributed by atoms with Gasteiger partial charge in [0.25, 0.3) is 0 Å². The first-order chi connectivity index (χ1) is 13.6. The van der Waals surface area contributed by atoms with Crippen LogP contribution in [0.1, 0.15) is 69.0 Å². The summed E-state index contributed by atoms with van der Waals surface area (Å²) in [4.78, 5) is 14.4. The minimum Gasteiger partial charge on any atom is -0.496 e. The van der Waals surface area contributed by atoms with Crippen LogP contribution in [0.15, 0.2) is 24.3 Å². The van der Waals surface area contributed by atoms with Crippen LogP contribution in [0.2, 0.25) is 0 Å². The number of carbonyl (C=O) groups excluding carboxylic acids is 1. The lowest BCUT2D eigenvalue weighted by atomic mass is 9.66. The molecule has 0 saturated carbocycles. The summed E-state index contributed by atoms with van der Waals surface area (Å²) in [6.07, 6.45) is 5.64. The van der Waals surface area contributed by atoms with Crippen molar-refractivity contribution in [3.05, 3.63) is 45.8 Å². The van der Waals surface area contributed by atoms with Gasteiger partial charge >= 0.3 is 5.97 Å². The quantitative estimate of drug-likeness (QED) is 0.407. The molecule has 156 valence electrons. The van der Waals surface area contributed by atoms with Gasteiger partial charge in [0, 0.05) is 21.4 Å². The summed E-state index contributed by atoms with van der Waals surface area (Å²) in [6.45, 7) is 13.9. The molecule has 0 saturated heterocycles. The van der Waals surface area contributed by atoms with Crippen molar-refractivity contribution in [3.8, 4) is 16.2 Å². The van der Waals surface area contributed by atoms with Crippen molar-refractivity contribution in [1.29, 1.82) is 0 Å². The number of rotatable bonds is 5. The van der Waals surface area contributed by atoms with Gasteiger partial charge < -0.3 is 9.47 Å². The van der Waals surface area contributed by atoms with E-state index >= 15 is 0 Å². The zero-order valence-electron chi connectivity index (χ0n) is 18.6. The van der Waals surface area contributed by atoms with E-state index in [0.717, 1.165) is 16.9 Å². The van der Waals surface area contributed by atoms with Crippen LogP contribution in [0.5, 0.6) is 5.75 Å². The van der Waals surface area contributed by atoms with E-state index in [0.29, 0.717) is 6.61 Å². The van der Waals surface area contributed by atoms with Crippen molar-refractivity contribution in [2.75, 3.05) is 13.7 Å². The Kier molecular flexibility index (Phi) is 5.96. The second-order valence-electron chi connectivity index (χ2n) is 9.07. The highest BCUT2D eigenvalue weighted by molar-refractivity contribution is 7.16. The maximum absolute atomic E-state index is 11.6. The molecular weight excluding hydrogens is 380 g/mol. The van der Waals surface area contributed by atoms with Crippen LogP contribution >= 0.6 is 11.3 Å². The van der Waals surface area contributed by atoms with Crippen LogP contribution in [0, 0.1) is 6.92 Å². The molecule has 3 nitrogen and oxygen atoms in total. The maximum atomic E-state index is 11.6. The van der Waals surface area contributed by atoms with Gasteiger partial charge in [-0.2, -0.15) is 0 Å². The molecule has 1 aliphatic carbocycles. The van der Waals surface area contributed by atoms with Gasteiger partial charge in [-0.15, -0.1) is 11.3 Å². The number of hydrogen-bond donors (Lipinski definition) is 0. The van der Waals surface area contributed by atoms with Gasteiger partial charge in [-0.25, -0.2) is 4.79 Å². The second-order valence-corrected chi connectivity index (χ2v) is 10.1. The molecule has 1 heterocycles. The third-order valence-corrected chi connectivity index (χ3v) is 7.67. The van der Waals surface area contributed by atoms with Gasteiger partial charge in [-0.1, -0.05) is 33.8 Å². The Morgan fingerprint density at radius 3 is 2.48 bits per heavy atom. The Morgan fingerprint density at radius 1 is 1.17 bits per heavy atom. The topological polar surface area (TPSA) is 35.5 Å². The lowest BCUT2D eigenvalue weighted by Crippen LogP contribution is -2.32. The van der Waals surface area contributed by atoms with E-state index in [4.69, 9.17) is 9.47 Å². The average molecular weight is 413 g/mol. The molecule has 0 spiro atoms. The highest BCUT2D eigenvalue weighted by atomic mass is 32.1. The van der Waals surface area contributed by atoms with Crippen molar-refractivity contribution < 1.29 is 14.3 Å². The first-order valence-corrected chi connectivity index (χ1v) is 11.1. The van der Waals surface area contributed by atoms with Crippen LogP contribution in [-0.2, 0) is 20.4 Å². The van der Waals surface area contributed by atoms with E-state index in [1.807, 2.05) is 23.5 Å². The number of methoxy groups -OCH3 is 1. The van der Waals surface area contributed by atoms with Gasteiger partial charge in [-0.3, -0.25) is 0 Å². The van der Waals surface area contributed by atoms with E-state index in [1.165, 1.54) is 39.8 Å². The summed E-state index contributed by atoms with van der Waals surface area (Å²) in [5, 5.41) is 0. The highest BCUT2D eigenvalue weighted by Crippen LogP contribution is 2.54. The van der Waals surface area contributed by atoms with Crippen LogP contribution in [0.25, 0.3) is 16.5 Å². The number of esters is 1. The van der Waals surface area contributed by atoms with Crippen LogP contribution in [0.4, 0.5) is 0 Å². The summed E-state index contributed by atoms with van der Waals surface area (Å²) < 4.78 is 10.7. The summed E-state index contributed by atoms with van der Waals surface area (Å²) in [5.74, 6) is 0.495. The van der Waals surface area contributed by atoms with Crippen LogP contribution in [-0.4, -0.2) is 19.7 Å². The van der Waals surface area contributed by atoms with Crippen molar-refractivity contribution >= 4 is 23.4 Å². The average Bonchev–Trinajstić information content (AvgIpc) is 3.03. The van der Waals surface area contributed by atoms with E-state index in [1.54, 1.807) is 20.1 Å². The molecule has 0 amide bonds. The maximum Gasteiger partial charge on any atom is 0.330 e. The smallest absolute Gasteiger partial charge is 0.330 e. The molecule has 4 heteroatoms. The standard InChI is InChI=1S/C25H32O3S/c1-8-28-20(26)12-10-17-9-11-18(19(15-17)27-7)22-16(2)21-23(29-22)25(5,6)14-13-24(21,3)4/h9-12,15H,8,13-14H2,1-7H3/b12-10+. The summed E-state index contributed by atoms with van der Waals surface area (Å²) in [6, 6.07) is 6.12. The van der Waals surface area contributed by atoms with Gasteiger partial charge in [-0.05, 0) is 72.4 Å². The minimum atomic E-state index is -0.332. The molecule has 0 fully saturated rings. The molecule has 29 heavy (non-hydrogen) atoms. The van der Waals surface area contributed by atoms with E-state index in [9.17, 15) is 4.79 Å². The highest BCUT2D eigenvalue weighted by Gasteiger charge is 2.41. The third kappa shape index (κ3) is 4.13. The minimum absolute atomic E-state index is 0.194. The predicted molar refractivity (Wildman–Crippen MR) is 122 cm³/mol. The fraction of sp³-hybridized carbons (Fsp3) is 0.480. The SMILES string of the molecule is CCOC(=O)/C=C/c1ccc(-c2sc3c(c2C)C(C)(C)CCC3(C)C)c(OC)c1.